The van der Waals surface area contributed by atoms with Crippen LogP contribution in [-0.4, -0.2) is 16.1 Å². The van der Waals surface area contributed by atoms with Crippen molar-refractivity contribution in [3.63, 3.8) is 0 Å². The van der Waals surface area contributed by atoms with Crippen LogP contribution in [0.1, 0.15) is 11.1 Å². The Hall–Kier alpha value is -0.360. The summed E-state index contributed by atoms with van der Waals surface area (Å²) in [6.45, 7) is 2.63. The zero-order chi connectivity index (χ0) is 10.1. The van der Waals surface area contributed by atoms with Gasteiger partial charge in [0.1, 0.15) is 11.7 Å². The number of nitrogens with zero attached hydrogens (tertiary/aromatic N) is 2. The number of nitrogens with two attached hydrogens (primary N) is 1. The van der Waals surface area contributed by atoms with Gasteiger partial charge in [-0.05, 0) is 36.6 Å². The molecule has 0 atom stereocenters. The molecule has 0 radical (unpaired) electrons. The Morgan fingerprint density at radius 3 is 2.93 bits per heavy atom. The van der Waals surface area contributed by atoms with E-state index in [-0.39, 0.29) is 0 Å². The lowest BCUT2D eigenvalue weighted by molar-refractivity contribution is 0.530. The van der Waals surface area contributed by atoms with E-state index in [1.54, 1.807) is 4.41 Å². The predicted octanol–water partition coefficient (Wildman–Crippen LogP) is 2.30. The summed E-state index contributed by atoms with van der Waals surface area (Å²) in [6.07, 6.45) is 0. The highest BCUT2D eigenvalue weighted by Crippen LogP contribution is 2.24. The van der Waals surface area contributed by atoms with Crippen LogP contribution in [0.25, 0.3) is 0 Å². The van der Waals surface area contributed by atoms with Crippen molar-refractivity contribution in [3.8, 4) is 0 Å². The number of halogens is 1. The molecule has 74 valence electrons. The standard InChI is InChI=1S/C9H10BrN3S/c1-6-4-7(2-3-8(6)10)9-12-5-13(11)14-9/h2-4H,5,11H2,1H3. The van der Waals surface area contributed by atoms with E-state index < -0.39 is 0 Å². The number of hydrazine groups is 1. The van der Waals surface area contributed by atoms with E-state index >= 15 is 0 Å². The SMILES string of the molecule is Cc1cc(C2=NCN(N)S2)ccc1Br. The van der Waals surface area contributed by atoms with Gasteiger partial charge in [0.25, 0.3) is 0 Å². The van der Waals surface area contributed by atoms with Crippen molar-refractivity contribution < 1.29 is 0 Å². The van der Waals surface area contributed by atoms with Crippen LogP contribution in [-0.2, 0) is 0 Å². The molecule has 5 heteroatoms. The van der Waals surface area contributed by atoms with Crippen LogP contribution >= 0.6 is 27.9 Å². The monoisotopic (exact) mass is 271 g/mol. The molecule has 1 aliphatic heterocycles. The minimum atomic E-state index is 0.565. The van der Waals surface area contributed by atoms with Crippen LogP contribution in [0.3, 0.4) is 0 Å². The second kappa shape index (κ2) is 4.02. The van der Waals surface area contributed by atoms with Gasteiger partial charge in [-0.1, -0.05) is 22.0 Å². The average Bonchev–Trinajstić information content (AvgIpc) is 2.57. The second-order valence-electron chi connectivity index (χ2n) is 3.08. The highest BCUT2D eigenvalue weighted by Gasteiger charge is 2.15. The Labute approximate surface area is 95.6 Å². The summed E-state index contributed by atoms with van der Waals surface area (Å²) in [5.41, 5.74) is 2.34. The van der Waals surface area contributed by atoms with Crippen molar-refractivity contribution in [2.75, 3.05) is 6.67 Å². The van der Waals surface area contributed by atoms with Gasteiger partial charge in [0.15, 0.2) is 0 Å². The van der Waals surface area contributed by atoms with Crippen LogP contribution in [0, 0.1) is 6.92 Å². The summed E-state index contributed by atoms with van der Waals surface area (Å²) in [7, 11) is 0. The van der Waals surface area contributed by atoms with Crippen LogP contribution in [0.2, 0.25) is 0 Å². The van der Waals surface area contributed by atoms with E-state index in [0.717, 1.165) is 15.1 Å². The maximum atomic E-state index is 5.60. The molecule has 0 spiro atoms. The molecule has 0 aromatic heterocycles. The molecule has 14 heavy (non-hydrogen) atoms. The quantitative estimate of drug-likeness (QED) is 0.630. The third-order valence-electron chi connectivity index (χ3n) is 1.96. The third-order valence-corrected chi connectivity index (χ3v) is 3.74. The highest BCUT2D eigenvalue weighted by molar-refractivity contribution is 9.10. The Morgan fingerprint density at radius 1 is 1.57 bits per heavy atom. The maximum Gasteiger partial charge on any atom is 0.116 e. The molecule has 0 saturated heterocycles. The van der Waals surface area contributed by atoms with Crippen molar-refractivity contribution in [1.82, 2.24) is 4.41 Å². The first-order valence-corrected chi connectivity index (χ1v) is 5.74. The van der Waals surface area contributed by atoms with E-state index in [4.69, 9.17) is 5.84 Å². The zero-order valence-electron chi connectivity index (χ0n) is 7.70. The summed E-state index contributed by atoms with van der Waals surface area (Å²) < 4.78 is 2.74. The Balaban J connectivity index is 2.30. The number of benzene rings is 1. The largest absolute Gasteiger partial charge is 0.258 e. The molecule has 0 aliphatic carbocycles. The fourth-order valence-corrected chi connectivity index (χ4v) is 2.16. The van der Waals surface area contributed by atoms with Crippen LogP contribution in [0.4, 0.5) is 0 Å². The second-order valence-corrected chi connectivity index (χ2v) is 4.97. The molecular weight excluding hydrogens is 262 g/mol. The highest BCUT2D eigenvalue weighted by atomic mass is 79.9. The number of aryl methyl sites for hydroxylation is 1. The van der Waals surface area contributed by atoms with Gasteiger partial charge in [-0.15, -0.1) is 0 Å². The van der Waals surface area contributed by atoms with E-state index in [1.165, 1.54) is 17.5 Å². The molecule has 1 heterocycles. The average molecular weight is 272 g/mol. The van der Waals surface area contributed by atoms with Gasteiger partial charge in [-0.25, -0.2) is 0 Å². The van der Waals surface area contributed by atoms with E-state index in [9.17, 15) is 0 Å². The van der Waals surface area contributed by atoms with E-state index in [1.807, 2.05) is 12.1 Å². The van der Waals surface area contributed by atoms with Gasteiger partial charge < -0.3 is 0 Å². The Bertz CT molecular complexity index is 392. The minimum Gasteiger partial charge on any atom is -0.258 e. The van der Waals surface area contributed by atoms with Crippen LogP contribution in [0.15, 0.2) is 27.7 Å². The maximum absolute atomic E-state index is 5.60. The van der Waals surface area contributed by atoms with Gasteiger partial charge in [-0.2, -0.15) is 4.41 Å². The zero-order valence-corrected chi connectivity index (χ0v) is 10.1. The molecule has 0 bridgehead atoms. The number of aliphatic imine (C=N–C) groups is 1. The summed E-state index contributed by atoms with van der Waals surface area (Å²) in [6, 6.07) is 6.18. The third kappa shape index (κ3) is 2.00. The summed E-state index contributed by atoms with van der Waals surface area (Å²) in [5, 5.41) is 0.989. The van der Waals surface area contributed by atoms with E-state index in [0.29, 0.717) is 6.67 Å². The van der Waals surface area contributed by atoms with Crippen molar-refractivity contribution >= 4 is 32.9 Å². The molecule has 1 aliphatic rings. The lowest BCUT2D eigenvalue weighted by Crippen LogP contribution is -2.19. The van der Waals surface area contributed by atoms with Gasteiger partial charge in [0.05, 0.1) is 0 Å². The molecule has 0 fully saturated rings. The van der Waals surface area contributed by atoms with Gasteiger partial charge in [0.2, 0.25) is 0 Å². The van der Waals surface area contributed by atoms with Crippen molar-refractivity contribution in [2.45, 2.75) is 6.92 Å². The summed E-state index contributed by atoms with van der Waals surface area (Å²) in [4.78, 5) is 4.32. The first-order valence-electron chi connectivity index (χ1n) is 4.18. The molecular formula is C9H10BrN3S. The fourth-order valence-electron chi connectivity index (χ4n) is 1.22. The van der Waals surface area contributed by atoms with Gasteiger partial charge in [0, 0.05) is 10.0 Å². The molecule has 0 saturated carbocycles. The lowest BCUT2D eigenvalue weighted by Gasteiger charge is -2.05. The molecule has 0 amide bonds. The normalized spacial score (nSPS) is 17.2. The van der Waals surface area contributed by atoms with Crippen molar-refractivity contribution in [3.05, 3.63) is 33.8 Å². The van der Waals surface area contributed by atoms with Gasteiger partial charge >= 0.3 is 0 Å². The molecule has 2 rings (SSSR count). The van der Waals surface area contributed by atoms with Crippen LogP contribution in [0.5, 0.6) is 0 Å². The Morgan fingerprint density at radius 2 is 2.36 bits per heavy atom. The number of hydrogen-bond donors (Lipinski definition) is 1. The van der Waals surface area contributed by atoms with E-state index in [2.05, 4.69) is 33.9 Å². The van der Waals surface area contributed by atoms with Crippen molar-refractivity contribution in [2.24, 2.45) is 10.8 Å². The summed E-state index contributed by atoms with van der Waals surface area (Å²) >= 11 is 4.95. The first kappa shape index (κ1) is 10.2. The Kier molecular flexibility index (Phi) is 2.92. The summed E-state index contributed by atoms with van der Waals surface area (Å²) in [5.74, 6) is 5.60. The first-order chi connectivity index (χ1) is 6.66. The van der Waals surface area contributed by atoms with Crippen molar-refractivity contribution in [1.29, 1.82) is 0 Å². The fraction of sp³-hybridized carbons (Fsp3) is 0.222. The molecule has 0 unspecified atom stereocenters. The number of hydrogen-bond acceptors (Lipinski definition) is 4. The topological polar surface area (TPSA) is 41.6 Å². The van der Waals surface area contributed by atoms with Gasteiger partial charge in [-0.3, -0.25) is 10.8 Å². The molecule has 1 aromatic carbocycles. The molecule has 2 N–H and O–H groups in total. The predicted molar refractivity (Wildman–Crippen MR) is 63.9 cm³/mol. The molecule has 1 aromatic rings. The van der Waals surface area contributed by atoms with Crippen LogP contribution < -0.4 is 5.84 Å². The minimum absolute atomic E-state index is 0.565. The number of rotatable bonds is 1. The molecule has 3 nitrogen and oxygen atoms in total. The smallest absolute Gasteiger partial charge is 0.116 e. The lowest BCUT2D eigenvalue weighted by atomic mass is 10.1.